The average molecular weight is 315 g/mol. The minimum Gasteiger partial charge on any atom is -0.472 e. The topological polar surface area (TPSA) is 75.4 Å². The van der Waals surface area contributed by atoms with Crippen LogP contribution < -0.4 is 5.32 Å². The highest BCUT2D eigenvalue weighted by molar-refractivity contribution is 5.94. The molecular weight excluding hydrogens is 294 g/mol. The van der Waals surface area contributed by atoms with Crippen LogP contribution in [0.3, 0.4) is 0 Å². The molecule has 0 bridgehead atoms. The van der Waals surface area contributed by atoms with Crippen molar-refractivity contribution in [2.75, 3.05) is 13.1 Å². The number of carbonyl (C=O) groups excluding carboxylic acids is 2. The van der Waals surface area contributed by atoms with Crippen molar-refractivity contribution in [1.29, 1.82) is 0 Å². The van der Waals surface area contributed by atoms with E-state index in [4.69, 9.17) is 4.42 Å². The van der Waals surface area contributed by atoms with Crippen molar-refractivity contribution in [3.05, 3.63) is 54.2 Å². The van der Waals surface area contributed by atoms with Crippen molar-refractivity contribution in [2.45, 2.75) is 26.3 Å². The lowest BCUT2D eigenvalue weighted by molar-refractivity contribution is -0.121. The molecule has 2 amide bonds. The van der Waals surface area contributed by atoms with E-state index in [2.05, 4.69) is 10.3 Å². The zero-order valence-corrected chi connectivity index (χ0v) is 13.2. The van der Waals surface area contributed by atoms with E-state index in [1.807, 2.05) is 19.1 Å². The summed E-state index contributed by atoms with van der Waals surface area (Å²) in [5, 5.41) is 2.85. The zero-order chi connectivity index (χ0) is 16.5. The van der Waals surface area contributed by atoms with Crippen LogP contribution in [0, 0.1) is 0 Å². The highest BCUT2D eigenvalue weighted by atomic mass is 16.3. The molecule has 0 spiro atoms. The fourth-order valence-electron chi connectivity index (χ4n) is 2.18. The lowest BCUT2D eigenvalue weighted by Crippen LogP contribution is -2.35. The monoisotopic (exact) mass is 315 g/mol. The highest BCUT2D eigenvalue weighted by Crippen LogP contribution is 2.07. The molecule has 6 heteroatoms. The van der Waals surface area contributed by atoms with Gasteiger partial charge in [-0.2, -0.15) is 0 Å². The van der Waals surface area contributed by atoms with Crippen LogP contribution in [-0.2, 0) is 11.3 Å². The first kappa shape index (κ1) is 16.7. The van der Waals surface area contributed by atoms with Crippen molar-refractivity contribution >= 4 is 11.8 Å². The van der Waals surface area contributed by atoms with Gasteiger partial charge in [-0.3, -0.25) is 14.6 Å². The van der Waals surface area contributed by atoms with E-state index in [0.29, 0.717) is 25.2 Å². The van der Waals surface area contributed by atoms with Gasteiger partial charge in [0, 0.05) is 38.4 Å². The molecule has 2 aromatic rings. The van der Waals surface area contributed by atoms with Crippen LogP contribution in [-0.4, -0.2) is 34.8 Å². The molecule has 2 rings (SSSR count). The number of hydrogen-bond acceptors (Lipinski definition) is 4. The summed E-state index contributed by atoms with van der Waals surface area (Å²) in [6.07, 6.45) is 7.38. The Bertz CT molecular complexity index is 611. The molecule has 0 aliphatic heterocycles. The second kappa shape index (κ2) is 8.73. The molecule has 0 aliphatic rings. The maximum Gasteiger partial charge on any atom is 0.257 e. The average Bonchev–Trinajstić information content (AvgIpc) is 3.11. The Morgan fingerprint density at radius 3 is 2.65 bits per heavy atom. The van der Waals surface area contributed by atoms with Gasteiger partial charge >= 0.3 is 0 Å². The highest BCUT2D eigenvalue weighted by Gasteiger charge is 2.17. The van der Waals surface area contributed by atoms with Crippen LogP contribution in [0.25, 0.3) is 0 Å². The fraction of sp³-hybridized carbons (Fsp3) is 0.353. The van der Waals surface area contributed by atoms with Crippen LogP contribution in [0.15, 0.2) is 47.5 Å². The van der Waals surface area contributed by atoms with Crippen molar-refractivity contribution in [1.82, 2.24) is 15.2 Å². The summed E-state index contributed by atoms with van der Waals surface area (Å²) >= 11 is 0. The molecule has 2 aromatic heterocycles. The third-order valence-corrected chi connectivity index (χ3v) is 3.40. The van der Waals surface area contributed by atoms with Crippen LogP contribution in [0.4, 0.5) is 0 Å². The molecule has 0 unspecified atom stereocenters. The summed E-state index contributed by atoms with van der Waals surface area (Å²) < 4.78 is 4.95. The van der Waals surface area contributed by atoms with E-state index < -0.39 is 0 Å². The first-order chi connectivity index (χ1) is 11.2. The molecule has 6 nitrogen and oxygen atoms in total. The zero-order valence-electron chi connectivity index (χ0n) is 13.2. The van der Waals surface area contributed by atoms with Crippen LogP contribution in [0.2, 0.25) is 0 Å². The molecule has 0 aromatic carbocycles. The van der Waals surface area contributed by atoms with Gasteiger partial charge in [-0.1, -0.05) is 6.92 Å². The van der Waals surface area contributed by atoms with Crippen molar-refractivity contribution in [3.63, 3.8) is 0 Å². The van der Waals surface area contributed by atoms with E-state index >= 15 is 0 Å². The predicted octanol–water partition coefficient (Wildman–Crippen LogP) is 2.23. The minimum absolute atomic E-state index is 0.0806. The number of aromatic nitrogens is 1. The van der Waals surface area contributed by atoms with Gasteiger partial charge in [0.25, 0.3) is 5.91 Å². The molecule has 1 N–H and O–H groups in total. The van der Waals surface area contributed by atoms with E-state index in [9.17, 15) is 9.59 Å². The Balaban J connectivity index is 1.81. The van der Waals surface area contributed by atoms with Crippen LogP contribution in [0.5, 0.6) is 0 Å². The fourth-order valence-corrected chi connectivity index (χ4v) is 2.18. The maximum atomic E-state index is 12.3. The summed E-state index contributed by atoms with van der Waals surface area (Å²) in [6.45, 7) is 3.46. The van der Waals surface area contributed by atoms with Crippen molar-refractivity contribution in [2.24, 2.45) is 0 Å². The number of furan rings is 1. The number of pyridine rings is 1. The van der Waals surface area contributed by atoms with E-state index in [1.54, 1.807) is 23.4 Å². The Morgan fingerprint density at radius 2 is 2.00 bits per heavy atom. The Labute approximate surface area is 135 Å². The molecule has 0 saturated heterocycles. The van der Waals surface area contributed by atoms with Gasteiger partial charge in [0.2, 0.25) is 5.91 Å². The summed E-state index contributed by atoms with van der Waals surface area (Å²) in [5.41, 5.74) is 1.50. The van der Waals surface area contributed by atoms with Crippen LogP contribution >= 0.6 is 0 Å². The predicted molar refractivity (Wildman–Crippen MR) is 85.6 cm³/mol. The lowest BCUT2D eigenvalue weighted by atomic mass is 10.2. The van der Waals surface area contributed by atoms with E-state index in [0.717, 1.165) is 12.0 Å². The second-order valence-electron chi connectivity index (χ2n) is 5.19. The molecule has 2 heterocycles. The number of carbonyl (C=O) groups is 2. The largest absolute Gasteiger partial charge is 0.472 e. The van der Waals surface area contributed by atoms with Gasteiger partial charge in [0.15, 0.2) is 0 Å². The quantitative estimate of drug-likeness (QED) is 0.810. The smallest absolute Gasteiger partial charge is 0.257 e. The van der Waals surface area contributed by atoms with Gasteiger partial charge < -0.3 is 14.6 Å². The summed E-state index contributed by atoms with van der Waals surface area (Å²) in [4.78, 5) is 29.9. The second-order valence-corrected chi connectivity index (χ2v) is 5.19. The summed E-state index contributed by atoms with van der Waals surface area (Å²) in [7, 11) is 0. The van der Waals surface area contributed by atoms with Crippen molar-refractivity contribution < 1.29 is 14.0 Å². The number of amides is 2. The van der Waals surface area contributed by atoms with Gasteiger partial charge in [-0.15, -0.1) is 0 Å². The van der Waals surface area contributed by atoms with Gasteiger partial charge in [-0.25, -0.2) is 0 Å². The molecule has 122 valence electrons. The summed E-state index contributed by atoms with van der Waals surface area (Å²) in [6, 6.07) is 5.34. The first-order valence-corrected chi connectivity index (χ1v) is 7.67. The van der Waals surface area contributed by atoms with E-state index in [1.165, 1.54) is 12.5 Å². The normalized spacial score (nSPS) is 10.3. The van der Waals surface area contributed by atoms with Gasteiger partial charge in [0.05, 0.1) is 11.8 Å². The van der Waals surface area contributed by atoms with Gasteiger partial charge in [-0.05, 0) is 30.2 Å². The van der Waals surface area contributed by atoms with Gasteiger partial charge in [0.1, 0.15) is 6.26 Å². The number of nitrogens with zero attached hydrogens (tertiary/aromatic N) is 2. The number of nitrogens with one attached hydrogen (secondary N) is 1. The van der Waals surface area contributed by atoms with Crippen LogP contribution in [0.1, 0.15) is 35.7 Å². The molecular formula is C17H21N3O3. The SMILES string of the molecule is CCCN(CCC(=O)NCc1ccncc1)C(=O)c1ccoc1. The molecule has 23 heavy (non-hydrogen) atoms. The standard InChI is InChI=1S/C17H21N3O3/c1-2-9-20(17(22)15-6-11-23-13-15)10-5-16(21)19-12-14-3-7-18-8-4-14/h3-4,6-8,11,13H,2,5,9-10,12H2,1H3,(H,19,21). The molecule has 0 saturated carbocycles. The number of hydrogen-bond donors (Lipinski definition) is 1. The Kier molecular flexibility index (Phi) is 6.35. The number of rotatable bonds is 8. The molecule has 0 radical (unpaired) electrons. The summed E-state index contributed by atoms with van der Waals surface area (Å²) in [5.74, 6) is -0.189. The minimum atomic E-state index is -0.109. The first-order valence-electron chi connectivity index (χ1n) is 7.67. The van der Waals surface area contributed by atoms with E-state index in [-0.39, 0.29) is 18.2 Å². The molecule has 0 fully saturated rings. The third kappa shape index (κ3) is 5.25. The Hall–Kier alpha value is -2.63. The third-order valence-electron chi connectivity index (χ3n) is 3.40. The van der Waals surface area contributed by atoms with Crippen molar-refractivity contribution in [3.8, 4) is 0 Å². The molecule has 0 aliphatic carbocycles. The maximum absolute atomic E-state index is 12.3. The lowest BCUT2D eigenvalue weighted by Gasteiger charge is -2.21. The Morgan fingerprint density at radius 1 is 1.22 bits per heavy atom. The molecule has 0 atom stereocenters.